The summed E-state index contributed by atoms with van der Waals surface area (Å²) in [5, 5.41) is 19.3. The van der Waals surface area contributed by atoms with E-state index in [4.69, 9.17) is 14.2 Å². The topological polar surface area (TPSA) is 233 Å². The van der Waals surface area contributed by atoms with Gasteiger partial charge in [-0.25, -0.2) is 14.4 Å². The summed E-state index contributed by atoms with van der Waals surface area (Å²) < 4.78 is 77.2. The Morgan fingerprint density at radius 3 is 2.44 bits per heavy atom. The fourth-order valence-electron chi connectivity index (χ4n) is 9.33. The number of aliphatic hydroxyl groups excluding tert-OH is 1. The average Bonchev–Trinajstić information content (AvgIpc) is 3.72. The van der Waals surface area contributed by atoms with Crippen LogP contribution in [0.4, 0.5) is 23.2 Å². The highest BCUT2D eigenvalue weighted by atomic mass is 19.4. The number of carbonyl (C=O) groups is 4. The summed E-state index contributed by atoms with van der Waals surface area (Å²) in [4.78, 5) is 87.9. The van der Waals surface area contributed by atoms with Gasteiger partial charge in [0.05, 0.1) is 35.5 Å². The Kier molecular flexibility index (Phi) is 16.0. The maximum atomic E-state index is 15.6. The number of ether oxygens (including phenoxy) is 4. The Balaban J connectivity index is 0.811. The van der Waals surface area contributed by atoms with Crippen LogP contribution in [0.15, 0.2) is 83.0 Å². The number of piperidine rings is 1. The van der Waals surface area contributed by atoms with Crippen molar-refractivity contribution in [3.05, 3.63) is 122 Å². The van der Waals surface area contributed by atoms with Crippen LogP contribution in [-0.4, -0.2) is 98.8 Å². The number of benzene rings is 4. The van der Waals surface area contributed by atoms with E-state index in [1.165, 1.54) is 55.1 Å². The van der Waals surface area contributed by atoms with E-state index >= 15 is 4.39 Å². The number of anilines is 1. The fourth-order valence-corrected chi connectivity index (χ4v) is 9.33. The lowest BCUT2D eigenvalue weighted by atomic mass is 9.96. The van der Waals surface area contributed by atoms with Crippen molar-refractivity contribution in [1.29, 1.82) is 0 Å². The Morgan fingerprint density at radius 2 is 1.73 bits per heavy atom. The number of pyridine rings is 1. The van der Waals surface area contributed by atoms with Crippen molar-refractivity contribution in [2.45, 2.75) is 77.5 Å². The number of hydrogen-bond acceptors (Lipinski definition) is 14. The minimum absolute atomic E-state index is 0.0213. The van der Waals surface area contributed by atoms with Crippen molar-refractivity contribution in [2.24, 2.45) is 18.1 Å². The van der Waals surface area contributed by atoms with Crippen LogP contribution in [0, 0.1) is 23.6 Å². The van der Waals surface area contributed by atoms with E-state index in [0.29, 0.717) is 72.2 Å². The number of halogens is 4. The maximum Gasteiger partial charge on any atom is 0.573 e. The number of aryl methyl sites for hydroxylation is 1. The zero-order valence-corrected chi connectivity index (χ0v) is 41.2. The van der Waals surface area contributed by atoms with Crippen LogP contribution in [0.2, 0.25) is 0 Å². The predicted octanol–water partition coefficient (Wildman–Crippen LogP) is 7.98. The summed E-state index contributed by atoms with van der Waals surface area (Å²) in [7, 11) is 2.96. The van der Waals surface area contributed by atoms with E-state index in [-0.39, 0.29) is 82.5 Å². The van der Waals surface area contributed by atoms with Crippen molar-refractivity contribution in [2.75, 3.05) is 38.7 Å². The van der Waals surface area contributed by atoms with Crippen LogP contribution in [0.5, 0.6) is 28.9 Å². The summed E-state index contributed by atoms with van der Waals surface area (Å²) in [5.74, 6) is -3.24. The molecular weight excluding hydrogens is 989 g/mol. The van der Waals surface area contributed by atoms with E-state index in [0.717, 1.165) is 31.0 Å². The zero-order valence-electron chi connectivity index (χ0n) is 41.2. The number of aliphatic hydroxyl groups is 1. The number of methoxy groups -OCH3 is 1. The van der Waals surface area contributed by atoms with Crippen LogP contribution in [0.3, 0.4) is 0 Å². The van der Waals surface area contributed by atoms with E-state index < -0.39 is 47.4 Å². The second-order valence-corrected chi connectivity index (χ2v) is 18.1. The van der Waals surface area contributed by atoms with Crippen LogP contribution >= 0.6 is 0 Å². The highest BCUT2D eigenvalue weighted by molar-refractivity contribution is 6.07. The fraction of sp³-hybridized carbons (Fsp3) is 0.365. The Labute approximate surface area is 425 Å². The van der Waals surface area contributed by atoms with Gasteiger partial charge < -0.3 is 43.7 Å². The summed E-state index contributed by atoms with van der Waals surface area (Å²) in [6.07, 6.45) is -1.83. The third kappa shape index (κ3) is 11.8. The lowest BCUT2D eigenvalue weighted by Gasteiger charge is -2.32. The number of rotatable bonds is 19. The van der Waals surface area contributed by atoms with Gasteiger partial charge in [0.25, 0.3) is 11.8 Å². The molecule has 4 aromatic carbocycles. The standard InChI is InChI=1S/C52H52F4N8O11/c1-5-7-40(48(68)61-71)64-26-31-20-30(9-12-34(31)51(64)70)47(67)57-25-29-15-17-63(18-16-29)44(65)8-6-19-73-43-24-38-35(23-42(43)72-4)50(59-27-58-38)74-41-14-10-32(21-37(41)53)60-49(69)45-28(2)62(3)39-13-11-33(75-52(54,55)56)22-36(39)46(45)66/h9-14,20-24,27,29,40,47,57,67H,5-8,15-19,25-26H2,1-4H3,(H,60,69). The molecule has 2 atom stereocenters. The molecule has 6 aromatic rings. The first-order valence-electron chi connectivity index (χ1n) is 24.0. The SMILES string of the molecule is CCCC(C(=O)N=O)N1Cc2cc(C(O)NCC3CCN(C(=O)CCCOc4cc5ncnc(Oc6ccc(NC(=O)c7c(C)n(C)c8ccc(OC(F)(F)F)cc8c7=O)cc6F)c5cc4OC)CC3)ccc2C1=O. The second kappa shape index (κ2) is 22.6. The molecule has 4 amide bonds. The highest BCUT2D eigenvalue weighted by Crippen LogP contribution is 2.38. The Morgan fingerprint density at radius 1 is 0.960 bits per heavy atom. The molecule has 1 saturated heterocycles. The summed E-state index contributed by atoms with van der Waals surface area (Å²) in [5.41, 5.74) is 1.18. The first-order valence-corrected chi connectivity index (χ1v) is 24.0. The average molecular weight is 1040 g/mol. The van der Waals surface area contributed by atoms with Gasteiger partial charge in [0, 0.05) is 73.9 Å². The van der Waals surface area contributed by atoms with E-state index in [9.17, 15) is 47.2 Å². The second-order valence-electron chi connectivity index (χ2n) is 18.1. The molecule has 0 aliphatic carbocycles. The number of nitrogens with zero attached hydrogens (tertiary/aromatic N) is 6. The van der Waals surface area contributed by atoms with E-state index in [1.54, 1.807) is 30.3 Å². The molecule has 0 radical (unpaired) electrons. The van der Waals surface area contributed by atoms with Crippen molar-refractivity contribution in [3.63, 3.8) is 0 Å². The molecule has 4 heterocycles. The number of hydrogen-bond donors (Lipinski definition) is 3. The normalized spacial score (nSPS) is 14.7. The number of aromatic nitrogens is 3. The van der Waals surface area contributed by atoms with Gasteiger partial charge in [0.1, 0.15) is 29.9 Å². The quantitative estimate of drug-likeness (QED) is 0.0302. The number of nitrogens with one attached hydrogen (secondary N) is 2. The van der Waals surface area contributed by atoms with Gasteiger partial charge in [0.15, 0.2) is 23.1 Å². The smallest absolute Gasteiger partial charge is 0.493 e. The third-order valence-corrected chi connectivity index (χ3v) is 13.4. The molecule has 1 fully saturated rings. The molecule has 2 aliphatic rings. The number of amides is 4. The largest absolute Gasteiger partial charge is 0.573 e. The minimum atomic E-state index is -5.00. The molecular formula is C52H52F4N8O11. The third-order valence-electron chi connectivity index (χ3n) is 13.4. The number of nitroso groups, excluding NO2 is 1. The Hall–Kier alpha value is -8.05. The molecule has 394 valence electrons. The van der Waals surface area contributed by atoms with E-state index in [2.05, 4.69) is 30.5 Å². The number of fused-ring (bicyclic) bond motifs is 3. The van der Waals surface area contributed by atoms with Crippen molar-refractivity contribution in [1.82, 2.24) is 29.7 Å². The van der Waals surface area contributed by atoms with Gasteiger partial charge >= 0.3 is 12.3 Å². The predicted molar refractivity (Wildman–Crippen MR) is 264 cm³/mol. The zero-order chi connectivity index (χ0) is 53.7. The summed E-state index contributed by atoms with van der Waals surface area (Å²) in [6.45, 7) is 5.24. The molecule has 0 spiro atoms. The van der Waals surface area contributed by atoms with Gasteiger partial charge in [-0.15, -0.1) is 18.1 Å². The van der Waals surface area contributed by atoms with E-state index in [1.807, 2.05) is 11.8 Å². The first-order chi connectivity index (χ1) is 35.9. The molecule has 2 unspecified atom stereocenters. The lowest BCUT2D eigenvalue weighted by Crippen LogP contribution is -2.41. The van der Waals surface area contributed by atoms with Crippen LogP contribution < -0.4 is 35.0 Å². The molecule has 0 bridgehead atoms. The molecule has 23 heteroatoms. The number of carbonyl (C=O) groups excluding carboxylic acids is 4. The van der Waals surface area contributed by atoms with Crippen molar-refractivity contribution < 1.29 is 60.8 Å². The minimum Gasteiger partial charge on any atom is -0.493 e. The van der Waals surface area contributed by atoms with Gasteiger partial charge in [-0.05, 0) is 98.2 Å². The number of likely N-dealkylation sites (tertiary alicyclic amines) is 1. The maximum absolute atomic E-state index is 15.6. The van der Waals surface area contributed by atoms with Crippen LogP contribution in [0.1, 0.15) is 89.2 Å². The van der Waals surface area contributed by atoms with Gasteiger partial charge in [-0.1, -0.05) is 19.4 Å². The molecule has 75 heavy (non-hydrogen) atoms. The highest BCUT2D eigenvalue weighted by Gasteiger charge is 2.37. The van der Waals surface area contributed by atoms with Crippen LogP contribution in [-0.2, 0) is 23.2 Å². The van der Waals surface area contributed by atoms with Crippen molar-refractivity contribution >= 4 is 51.1 Å². The van der Waals surface area contributed by atoms with Crippen molar-refractivity contribution in [3.8, 4) is 28.9 Å². The summed E-state index contributed by atoms with van der Waals surface area (Å²) in [6, 6.07) is 14.0. The number of alkyl halides is 3. The first kappa shape index (κ1) is 53.2. The lowest BCUT2D eigenvalue weighted by molar-refractivity contribution is -0.274. The van der Waals surface area contributed by atoms with Gasteiger partial charge in [0.2, 0.25) is 17.2 Å². The monoisotopic (exact) mass is 1040 g/mol. The van der Waals surface area contributed by atoms with Gasteiger partial charge in [-0.3, -0.25) is 29.3 Å². The van der Waals surface area contributed by atoms with Crippen LogP contribution in [0.25, 0.3) is 21.8 Å². The molecule has 2 aromatic heterocycles. The Bertz CT molecular complexity index is 3250. The van der Waals surface area contributed by atoms with Gasteiger partial charge in [-0.2, -0.15) is 0 Å². The molecule has 2 aliphatic heterocycles. The molecule has 3 N–H and O–H groups in total. The molecule has 8 rings (SSSR count). The molecule has 19 nitrogen and oxygen atoms in total. The summed E-state index contributed by atoms with van der Waals surface area (Å²) >= 11 is 0. The molecule has 0 saturated carbocycles.